The molecule has 6 heteroatoms. The van der Waals surface area contributed by atoms with Crippen LogP contribution in [0, 0.1) is 0 Å². The fourth-order valence-corrected chi connectivity index (χ4v) is 6.85. The fourth-order valence-electron chi connectivity index (χ4n) is 2.42. The van der Waals surface area contributed by atoms with Crippen molar-refractivity contribution in [2.75, 3.05) is 12.8 Å². The molecule has 0 N–H and O–H groups in total. The first-order chi connectivity index (χ1) is 11.6. The van der Waals surface area contributed by atoms with Gasteiger partial charge in [0, 0.05) is 0 Å². The van der Waals surface area contributed by atoms with Gasteiger partial charge >= 0.3 is 154 Å². The van der Waals surface area contributed by atoms with Crippen molar-refractivity contribution in [3.8, 4) is 0 Å². The van der Waals surface area contributed by atoms with Crippen molar-refractivity contribution in [1.29, 1.82) is 0 Å². The van der Waals surface area contributed by atoms with Gasteiger partial charge in [-0.25, -0.2) is 0 Å². The third-order valence-electron chi connectivity index (χ3n) is 3.51. The molecule has 24 heavy (non-hydrogen) atoms. The molecule has 0 aliphatic carbocycles. The topological polar surface area (TPSA) is 35.5 Å². The minimum absolute atomic E-state index is 0.119. The molecule has 1 heterocycles. The Kier molecular flexibility index (Phi) is 5.86. The first kappa shape index (κ1) is 17.8. The third kappa shape index (κ3) is 4.33. The van der Waals surface area contributed by atoms with Gasteiger partial charge in [0.1, 0.15) is 0 Å². The van der Waals surface area contributed by atoms with E-state index in [1.165, 1.54) is 8.93 Å². The molecule has 0 saturated carbocycles. The standard InChI is InChI=1S/C18H18ClO3PSe/c1-2-21-23(20)13-12-17(24-16-6-4-3-5-7-16)18(22-23)14-8-10-15(19)11-9-14/h3-11H,2,12-13H2,1H3. The van der Waals surface area contributed by atoms with Crippen LogP contribution in [-0.4, -0.2) is 27.7 Å². The molecule has 126 valence electrons. The van der Waals surface area contributed by atoms with Crippen LogP contribution in [0.1, 0.15) is 18.9 Å². The Labute approximate surface area is 153 Å². The van der Waals surface area contributed by atoms with Gasteiger partial charge in [0.15, 0.2) is 0 Å². The summed E-state index contributed by atoms with van der Waals surface area (Å²) in [5.41, 5.74) is 0.895. The molecule has 1 atom stereocenters. The minimum atomic E-state index is -3.07. The van der Waals surface area contributed by atoms with E-state index in [2.05, 4.69) is 12.1 Å². The molecule has 0 bridgehead atoms. The molecule has 3 rings (SSSR count). The molecule has 3 nitrogen and oxygen atoms in total. The van der Waals surface area contributed by atoms with E-state index in [1.807, 2.05) is 49.4 Å². The number of hydrogen-bond donors (Lipinski definition) is 0. The van der Waals surface area contributed by atoms with Gasteiger partial charge in [0.25, 0.3) is 0 Å². The van der Waals surface area contributed by atoms with Crippen molar-refractivity contribution in [3.05, 3.63) is 69.7 Å². The SMILES string of the molecule is CCOP1(=O)CCC([Se]c2ccccc2)=C(c2ccc(Cl)cc2)O1. The maximum absolute atomic E-state index is 12.8. The molecule has 0 spiro atoms. The normalized spacial score (nSPS) is 20.8. The zero-order valence-corrected chi connectivity index (χ0v) is 16.6. The molecule has 0 amide bonds. The molecule has 0 fully saturated rings. The van der Waals surface area contributed by atoms with Gasteiger partial charge in [-0.05, 0) is 0 Å². The van der Waals surface area contributed by atoms with Crippen molar-refractivity contribution in [1.82, 2.24) is 0 Å². The fraction of sp³-hybridized carbons (Fsp3) is 0.222. The number of rotatable bonds is 5. The Morgan fingerprint density at radius 1 is 1.17 bits per heavy atom. The van der Waals surface area contributed by atoms with Crippen molar-refractivity contribution < 1.29 is 13.6 Å². The van der Waals surface area contributed by atoms with Crippen molar-refractivity contribution in [2.24, 2.45) is 0 Å². The summed E-state index contributed by atoms with van der Waals surface area (Å²) in [6.45, 7) is 2.21. The summed E-state index contributed by atoms with van der Waals surface area (Å²) in [7, 11) is -3.07. The first-order valence-electron chi connectivity index (χ1n) is 7.75. The summed E-state index contributed by atoms with van der Waals surface area (Å²) < 4.78 is 26.6. The zero-order chi connectivity index (χ0) is 17.0. The summed E-state index contributed by atoms with van der Waals surface area (Å²) in [5.74, 6) is 0.693. The van der Waals surface area contributed by atoms with Crippen LogP contribution in [0.5, 0.6) is 0 Å². The van der Waals surface area contributed by atoms with E-state index in [0.717, 1.165) is 12.0 Å². The Morgan fingerprint density at radius 2 is 1.88 bits per heavy atom. The molecule has 2 aromatic carbocycles. The molecule has 0 aromatic heterocycles. The van der Waals surface area contributed by atoms with E-state index in [1.54, 1.807) is 0 Å². The monoisotopic (exact) mass is 428 g/mol. The van der Waals surface area contributed by atoms with Crippen LogP contribution in [-0.2, 0) is 13.6 Å². The van der Waals surface area contributed by atoms with Gasteiger partial charge in [-0.1, -0.05) is 0 Å². The Hall–Kier alpha value is -1.02. The van der Waals surface area contributed by atoms with E-state index in [9.17, 15) is 4.57 Å². The van der Waals surface area contributed by atoms with Crippen LogP contribution in [0.3, 0.4) is 0 Å². The third-order valence-corrected chi connectivity index (χ3v) is 8.05. The molecular formula is C18H18ClO3PSe. The van der Waals surface area contributed by atoms with E-state index < -0.39 is 7.60 Å². The summed E-state index contributed by atoms with van der Waals surface area (Å²) in [4.78, 5) is 0. The number of allylic oxidation sites excluding steroid dienone is 1. The molecule has 1 aliphatic rings. The number of benzene rings is 2. The Morgan fingerprint density at radius 3 is 2.54 bits per heavy atom. The van der Waals surface area contributed by atoms with Gasteiger partial charge in [-0.2, -0.15) is 0 Å². The van der Waals surface area contributed by atoms with E-state index in [0.29, 0.717) is 23.6 Å². The molecule has 0 radical (unpaired) electrons. The van der Waals surface area contributed by atoms with E-state index in [-0.39, 0.29) is 15.0 Å². The summed E-state index contributed by atoms with van der Waals surface area (Å²) in [6, 6.07) is 17.8. The molecular weight excluding hydrogens is 410 g/mol. The van der Waals surface area contributed by atoms with Gasteiger partial charge < -0.3 is 0 Å². The average Bonchev–Trinajstić information content (AvgIpc) is 2.59. The summed E-state index contributed by atoms with van der Waals surface area (Å²) in [5, 5.41) is 0.665. The first-order valence-corrected chi connectivity index (χ1v) is 11.6. The quantitative estimate of drug-likeness (QED) is 0.513. The summed E-state index contributed by atoms with van der Waals surface area (Å²) >= 11 is 6.11. The number of hydrogen-bond acceptors (Lipinski definition) is 3. The number of halogens is 1. The molecule has 2 aromatic rings. The van der Waals surface area contributed by atoms with Gasteiger partial charge in [-0.3, -0.25) is 0 Å². The van der Waals surface area contributed by atoms with Gasteiger partial charge in [-0.15, -0.1) is 0 Å². The van der Waals surface area contributed by atoms with Crippen LogP contribution in [0.2, 0.25) is 5.02 Å². The van der Waals surface area contributed by atoms with E-state index in [4.69, 9.17) is 20.6 Å². The van der Waals surface area contributed by atoms with Gasteiger partial charge in [0.05, 0.1) is 0 Å². The van der Waals surface area contributed by atoms with Crippen molar-refractivity contribution in [3.63, 3.8) is 0 Å². The van der Waals surface area contributed by atoms with E-state index >= 15 is 0 Å². The Bertz CT molecular complexity index is 775. The second-order valence-corrected chi connectivity index (χ2v) is 10.3. The van der Waals surface area contributed by atoms with Crippen LogP contribution >= 0.6 is 19.2 Å². The van der Waals surface area contributed by atoms with Crippen LogP contribution in [0.4, 0.5) is 0 Å². The average molecular weight is 428 g/mol. The predicted octanol–water partition coefficient (Wildman–Crippen LogP) is 4.69. The van der Waals surface area contributed by atoms with Crippen molar-refractivity contribution >= 4 is 44.4 Å². The zero-order valence-electron chi connectivity index (χ0n) is 13.3. The van der Waals surface area contributed by atoms with Crippen LogP contribution in [0.15, 0.2) is 59.1 Å². The Balaban J connectivity index is 1.98. The predicted molar refractivity (Wildman–Crippen MR) is 100 cm³/mol. The second-order valence-electron chi connectivity index (χ2n) is 5.27. The van der Waals surface area contributed by atoms with Crippen LogP contribution < -0.4 is 4.46 Å². The van der Waals surface area contributed by atoms with Crippen LogP contribution in [0.25, 0.3) is 5.76 Å². The van der Waals surface area contributed by atoms with Crippen molar-refractivity contribution in [2.45, 2.75) is 13.3 Å². The maximum atomic E-state index is 12.8. The summed E-state index contributed by atoms with van der Waals surface area (Å²) in [6.07, 6.45) is 1.16. The molecule has 1 aliphatic heterocycles. The molecule has 0 saturated heterocycles. The van der Waals surface area contributed by atoms with Gasteiger partial charge in [0.2, 0.25) is 0 Å². The molecule has 1 unspecified atom stereocenters. The second kappa shape index (κ2) is 7.91.